The topological polar surface area (TPSA) is 78.9 Å². The number of nitrogens with zero attached hydrogens (tertiary/aromatic N) is 2. The molecule has 29 heavy (non-hydrogen) atoms. The van der Waals surface area contributed by atoms with Crippen LogP contribution in [0.5, 0.6) is 0 Å². The molecule has 1 aromatic carbocycles. The summed E-state index contributed by atoms with van der Waals surface area (Å²) in [5, 5.41) is 3.38. The lowest BCUT2D eigenvalue weighted by Gasteiger charge is -2.43. The number of carbonyl (C=O) groups is 1. The number of allylic oxidation sites excluding steroid dienone is 1. The van der Waals surface area contributed by atoms with Gasteiger partial charge in [0, 0.05) is 12.4 Å². The van der Waals surface area contributed by atoms with Crippen molar-refractivity contribution in [1.82, 2.24) is 20.8 Å². The van der Waals surface area contributed by atoms with Crippen molar-refractivity contribution in [2.75, 3.05) is 5.32 Å². The summed E-state index contributed by atoms with van der Waals surface area (Å²) in [7, 11) is 0. The zero-order valence-electron chi connectivity index (χ0n) is 16.9. The van der Waals surface area contributed by atoms with Gasteiger partial charge in [0.15, 0.2) is 0 Å². The molecule has 0 aliphatic heterocycles. The average Bonchev–Trinajstić information content (AvgIpc) is 2.70. The molecule has 6 nitrogen and oxygen atoms in total. The summed E-state index contributed by atoms with van der Waals surface area (Å²) in [5.74, 6) is -0.210. The van der Waals surface area contributed by atoms with E-state index in [9.17, 15) is 13.6 Å². The van der Waals surface area contributed by atoms with Gasteiger partial charge in [-0.25, -0.2) is 18.7 Å². The summed E-state index contributed by atoms with van der Waals surface area (Å²) in [6, 6.07) is 8.32. The van der Waals surface area contributed by atoms with Crippen LogP contribution in [0.2, 0.25) is 0 Å². The fourth-order valence-electron chi connectivity index (χ4n) is 2.95. The molecule has 1 amide bonds. The SMILES string of the molecule is C=C(NNC(=O)c1cnc(NC2(c3cccc(C)c3)CCC2)nc1)C(F)F.CC. The molecule has 3 rings (SSSR count). The van der Waals surface area contributed by atoms with E-state index in [1.807, 2.05) is 19.9 Å². The van der Waals surface area contributed by atoms with Gasteiger partial charge < -0.3 is 5.32 Å². The second-order valence-electron chi connectivity index (χ2n) is 6.63. The first kappa shape index (κ1) is 22.3. The zero-order chi connectivity index (χ0) is 21.4. The van der Waals surface area contributed by atoms with Gasteiger partial charge in [-0.3, -0.25) is 15.6 Å². The van der Waals surface area contributed by atoms with Gasteiger partial charge in [0.25, 0.3) is 12.3 Å². The number of rotatable bonds is 7. The molecular weight excluding hydrogens is 376 g/mol. The van der Waals surface area contributed by atoms with Crippen LogP contribution in [0.4, 0.5) is 14.7 Å². The number of aromatic nitrogens is 2. The summed E-state index contributed by atoms with van der Waals surface area (Å²) in [5.41, 5.74) is 5.93. The van der Waals surface area contributed by atoms with Crippen molar-refractivity contribution in [3.05, 3.63) is 65.6 Å². The minimum absolute atomic E-state index is 0.147. The number of hydrogen-bond acceptors (Lipinski definition) is 5. The first-order valence-electron chi connectivity index (χ1n) is 9.60. The first-order chi connectivity index (χ1) is 13.9. The van der Waals surface area contributed by atoms with E-state index >= 15 is 0 Å². The summed E-state index contributed by atoms with van der Waals surface area (Å²) in [6.07, 6.45) is 2.98. The minimum atomic E-state index is -2.77. The Morgan fingerprint density at radius 1 is 1.17 bits per heavy atom. The quantitative estimate of drug-likeness (QED) is 0.600. The Bertz CT molecular complexity index is 835. The average molecular weight is 403 g/mol. The van der Waals surface area contributed by atoms with Crippen LogP contribution in [-0.2, 0) is 5.54 Å². The van der Waals surface area contributed by atoms with Crippen molar-refractivity contribution in [3.8, 4) is 0 Å². The first-order valence-corrected chi connectivity index (χ1v) is 9.60. The fourth-order valence-corrected chi connectivity index (χ4v) is 2.95. The Hall–Kier alpha value is -3.03. The number of carbonyl (C=O) groups excluding carboxylic acids is 1. The van der Waals surface area contributed by atoms with Crippen molar-refractivity contribution >= 4 is 11.9 Å². The molecule has 2 aromatic rings. The predicted molar refractivity (Wildman–Crippen MR) is 109 cm³/mol. The van der Waals surface area contributed by atoms with Crippen LogP contribution in [0, 0.1) is 6.92 Å². The third-order valence-corrected chi connectivity index (χ3v) is 4.64. The molecule has 0 bridgehead atoms. The number of hydrogen-bond donors (Lipinski definition) is 3. The number of aryl methyl sites for hydroxylation is 1. The highest BCUT2D eigenvalue weighted by atomic mass is 19.3. The molecule has 156 valence electrons. The van der Waals surface area contributed by atoms with E-state index in [0.717, 1.165) is 19.3 Å². The van der Waals surface area contributed by atoms with Gasteiger partial charge in [-0.1, -0.05) is 50.3 Å². The Morgan fingerprint density at radius 3 is 2.34 bits per heavy atom. The van der Waals surface area contributed by atoms with Crippen molar-refractivity contribution < 1.29 is 13.6 Å². The van der Waals surface area contributed by atoms with E-state index in [4.69, 9.17) is 0 Å². The molecule has 1 aromatic heterocycles. The van der Waals surface area contributed by atoms with E-state index in [1.165, 1.54) is 23.5 Å². The molecule has 3 N–H and O–H groups in total. The van der Waals surface area contributed by atoms with Gasteiger partial charge in [0.2, 0.25) is 5.95 Å². The number of benzene rings is 1. The van der Waals surface area contributed by atoms with Crippen LogP contribution in [0.3, 0.4) is 0 Å². The van der Waals surface area contributed by atoms with E-state index < -0.39 is 18.0 Å². The van der Waals surface area contributed by atoms with Crippen molar-refractivity contribution in [2.24, 2.45) is 0 Å². The highest BCUT2D eigenvalue weighted by Gasteiger charge is 2.39. The van der Waals surface area contributed by atoms with E-state index in [-0.39, 0.29) is 11.1 Å². The zero-order valence-corrected chi connectivity index (χ0v) is 16.9. The number of hydrazine groups is 1. The van der Waals surface area contributed by atoms with Crippen LogP contribution in [0.15, 0.2) is 48.9 Å². The smallest absolute Gasteiger partial charge is 0.279 e. The maximum atomic E-state index is 12.3. The fraction of sp³-hybridized carbons (Fsp3) is 0.381. The molecule has 0 unspecified atom stereocenters. The second-order valence-corrected chi connectivity index (χ2v) is 6.63. The second kappa shape index (κ2) is 9.95. The van der Waals surface area contributed by atoms with Crippen LogP contribution in [-0.4, -0.2) is 22.3 Å². The highest BCUT2D eigenvalue weighted by Crippen LogP contribution is 2.43. The summed E-state index contributed by atoms with van der Waals surface area (Å²) < 4.78 is 24.7. The van der Waals surface area contributed by atoms with Gasteiger partial charge in [-0.15, -0.1) is 0 Å². The summed E-state index contributed by atoms with van der Waals surface area (Å²) >= 11 is 0. The highest BCUT2D eigenvalue weighted by molar-refractivity contribution is 5.93. The maximum Gasteiger partial charge on any atom is 0.279 e. The summed E-state index contributed by atoms with van der Waals surface area (Å²) in [4.78, 5) is 20.3. The molecule has 1 fully saturated rings. The van der Waals surface area contributed by atoms with Crippen LogP contribution in [0.1, 0.15) is 54.6 Å². The lowest BCUT2D eigenvalue weighted by Crippen LogP contribution is -2.42. The Morgan fingerprint density at radius 2 is 1.83 bits per heavy atom. The van der Waals surface area contributed by atoms with E-state index in [2.05, 4.69) is 57.8 Å². The molecular formula is C21H27F2N5O. The van der Waals surface area contributed by atoms with Crippen LogP contribution in [0.25, 0.3) is 0 Å². The van der Waals surface area contributed by atoms with Crippen LogP contribution < -0.4 is 16.2 Å². The van der Waals surface area contributed by atoms with Gasteiger partial charge in [-0.2, -0.15) is 0 Å². The van der Waals surface area contributed by atoms with Crippen molar-refractivity contribution in [2.45, 2.75) is 52.0 Å². The Balaban J connectivity index is 0.00000145. The number of alkyl halides is 2. The molecule has 1 heterocycles. The van der Waals surface area contributed by atoms with E-state index in [1.54, 1.807) is 0 Å². The molecule has 0 spiro atoms. The predicted octanol–water partition coefficient (Wildman–Crippen LogP) is 4.32. The number of anilines is 1. The Labute approximate surface area is 169 Å². The molecule has 1 aliphatic carbocycles. The van der Waals surface area contributed by atoms with Crippen molar-refractivity contribution in [3.63, 3.8) is 0 Å². The number of halogens is 2. The lowest BCUT2D eigenvalue weighted by atomic mass is 9.71. The minimum Gasteiger partial charge on any atom is -0.345 e. The molecule has 8 heteroatoms. The monoisotopic (exact) mass is 403 g/mol. The molecule has 1 aliphatic rings. The standard InChI is InChI=1S/C19H21F2N5O.C2H6/c1-12-5-3-6-15(9-12)19(7-4-8-19)24-18-22-10-14(11-23-18)17(27)26-25-13(2)16(20)21;1-2/h3,5-6,9-11,16,25H,2,4,7-8H2,1H3,(H,26,27)(H,22,23,24);1-2H3. The lowest BCUT2D eigenvalue weighted by molar-refractivity contribution is 0.0928. The van der Waals surface area contributed by atoms with Gasteiger partial charge >= 0.3 is 0 Å². The Kier molecular flexibility index (Phi) is 7.64. The van der Waals surface area contributed by atoms with Gasteiger partial charge in [0.05, 0.1) is 16.8 Å². The molecule has 0 radical (unpaired) electrons. The maximum absolute atomic E-state index is 12.3. The third-order valence-electron chi connectivity index (χ3n) is 4.64. The van der Waals surface area contributed by atoms with Crippen LogP contribution >= 0.6 is 0 Å². The number of amides is 1. The largest absolute Gasteiger partial charge is 0.345 e. The normalized spacial score (nSPS) is 14.1. The molecule has 1 saturated carbocycles. The summed E-state index contributed by atoms with van der Waals surface area (Å²) in [6.45, 7) is 9.16. The molecule has 0 atom stereocenters. The van der Waals surface area contributed by atoms with Gasteiger partial charge in [-0.05, 0) is 31.7 Å². The third kappa shape index (κ3) is 5.49. The number of nitrogens with one attached hydrogen (secondary N) is 3. The van der Waals surface area contributed by atoms with Gasteiger partial charge in [0.1, 0.15) is 0 Å². The molecule has 0 saturated heterocycles. The van der Waals surface area contributed by atoms with Crippen molar-refractivity contribution in [1.29, 1.82) is 0 Å². The van der Waals surface area contributed by atoms with E-state index in [0.29, 0.717) is 5.95 Å².